The van der Waals surface area contributed by atoms with Crippen molar-refractivity contribution in [1.29, 1.82) is 0 Å². The largest absolute Gasteiger partial charge is 0.489 e. The molecule has 4 aliphatic rings. The maximum Gasteiger partial charge on any atom is 0.254 e. The molecule has 2 amide bonds. The van der Waals surface area contributed by atoms with Crippen molar-refractivity contribution in [1.82, 2.24) is 20.4 Å². The third kappa shape index (κ3) is 6.79. The lowest BCUT2D eigenvalue weighted by Crippen LogP contribution is -2.50. The zero-order chi connectivity index (χ0) is 27.5. The highest BCUT2D eigenvalue weighted by atomic mass is 35.5. The number of piperazine rings is 2. The van der Waals surface area contributed by atoms with Crippen molar-refractivity contribution in [3.8, 4) is 5.75 Å². The van der Waals surface area contributed by atoms with Crippen LogP contribution >= 0.6 is 12.4 Å². The second kappa shape index (κ2) is 13.4. The lowest BCUT2D eigenvalue weighted by Gasteiger charge is -2.35. The molecule has 1 saturated carbocycles. The molecule has 0 spiro atoms. The van der Waals surface area contributed by atoms with E-state index in [9.17, 15) is 14.0 Å². The zero-order valence-electron chi connectivity index (χ0n) is 23.6. The van der Waals surface area contributed by atoms with Gasteiger partial charge in [0.15, 0.2) is 0 Å². The van der Waals surface area contributed by atoms with Gasteiger partial charge in [0.05, 0.1) is 0 Å². The molecular weight excluding hydrogens is 545 g/mol. The maximum atomic E-state index is 14.5. The third-order valence-electron chi connectivity index (χ3n) is 8.83. The first kappa shape index (κ1) is 29.6. The first-order valence-corrected chi connectivity index (χ1v) is 14.9. The molecular formula is C31H41ClFN5O3. The number of halogens is 2. The number of hydrogen-bond donors (Lipinski definition) is 2. The van der Waals surface area contributed by atoms with E-state index < -0.39 is 5.82 Å². The van der Waals surface area contributed by atoms with Crippen molar-refractivity contribution in [2.75, 3.05) is 70.3 Å². The van der Waals surface area contributed by atoms with E-state index in [1.54, 1.807) is 11.0 Å². The average Bonchev–Trinajstić information content (AvgIpc) is 3.72. The predicted molar refractivity (Wildman–Crippen MR) is 160 cm³/mol. The minimum atomic E-state index is -0.400. The quantitative estimate of drug-likeness (QED) is 0.539. The monoisotopic (exact) mass is 585 g/mol. The van der Waals surface area contributed by atoms with Gasteiger partial charge in [0.25, 0.3) is 11.8 Å². The minimum Gasteiger partial charge on any atom is -0.489 e. The minimum absolute atomic E-state index is 0. The van der Waals surface area contributed by atoms with Gasteiger partial charge in [-0.05, 0) is 73.7 Å². The fraction of sp³-hybridized carbons (Fsp3) is 0.548. The molecule has 6 rings (SSSR count). The van der Waals surface area contributed by atoms with E-state index in [1.165, 1.54) is 25.0 Å². The first-order chi connectivity index (χ1) is 19.5. The molecule has 1 atom stereocenters. The Hall–Kier alpha value is -2.88. The SMILES string of the molecule is Cl.O=C(c1cc(F)cc(N2CCNCC2)c1)N1CCN(C(=O)c2ccc(OC3CCNC3)c(C3CCCC3)c2)CC1. The Morgan fingerprint density at radius 3 is 2.12 bits per heavy atom. The molecule has 0 bridgehead atoms. The maximum absolute atomic E-state index is 14.5. The molecule has 3 heterocycles. The molecule has 3 saturated heterocycles. The number of amides is 2. The molecule has 41 heavy (non-hydrogen) atoms. The van der Waals surface area contributed by atoms with Crippen LogP contribution in [0.4, 0.5) is 10.1 Å². The van der Waals surface area contributed by atoms with E-state index in [-0.39, 0.29) is 30.3 Å². The van der Waals surface area contributed by atoms with Gasteiger partial charge < -0.3 is 30.1 Å². The highest BCUT2D eigenvalue weighted by Gasteiger charge is 2.29. The second-order valence-electron chi connectivity index (χ2n) is 11.5. The zero-order valence-corrected chi connectivity index (χ0v) is 24.4. The van der Waals surface area contributed by atoms with E-state index in [4.69, 9.17) is 4.74 Å². The summed E-state index contributed by atoms with van der Waals surface area (Å²) in [6.07, 6.45) is 5.87. The number of benzene rings is 2. The molecule has 0 aromatic heterocycles. The van der Waals surface area contributed by atoms with E-state index in [0.717, 1.165) is 75.5 Å². The molecule has 222 valence electrons. The van der Waals surface area contributed by atoms with Crippen LogP contribution in [-0.4, -0.2) is 93.2 Å². The fourth-order valence-corrected chi connectivity index (χ4v) is 6.53. The number of anilines is 1. The van der Waals surface area contributed by atoms with Crippen LogP contribution in [0.15, 0.2) is 36.4 Å². The van der Waals surface area contributed by atoms with Gasteiger partial charge in [-0.1, -0.05) is 12.8 Å². The molecule has 1 unspecified atom stereocenters. The standard InChI is InChI=1S/C31H40FN5O3.ClH/c32-25-17-24(18-26(20-25)35-11-9-33-10-12-35)31(39)37-15-13-36(14-16-37)30(38)23-5-6-29(40-27-7-8-34-21-27)28(19-23)22-3-1-2-4-22;/h5-6,17-20,22,27,33-34H,1-4,7-16,21H2;1H. The normalized spacial score (nSPS) is 21.6. The van der Waals surface area contributed by atoms with Crippen LogP contribution in [0.3, 0.4) is 0 Å². The predicted octanol–water partition coefficient (Wildman–Crippen LogP) is 3.65. The van der Waals surface area contributed by atoms with E-state index >= 15 is 0 Å². The Labute approximate surface area is 248 Å². The summed E-state index contributed by atoms with van der Waals surface area (Å²) in [7, 11) is 0. The summed E-state index contributed by atoms with van der Waals surface area (Å²) < 4.78 is 20.8. The molecule has 10 heteroatoms. The van der Waals surface area contributed by atoms with Gasteiger partial charge in [-0.3, -0.25) is 9.59 Å². The van der Waals surface area contributed by atoms with E-state index in [2.05, 4.69) is 21.6 Å². The van der Waals surface area contributed by atoms with Gasteiger partial charge in [-0.25, -0.2) is 4.39 Å². The molecule has 2 aromatic rings. The van der Waals surface area contributed by atoms with Crippen molar-refractivity contribution >= 4 is 29.9 Å². The van der Waals surface area contributed by atoms with Crippen molar-refractivity contribution in [3.05, 3.63) is 58.9 Å². The number of nitrogens with one attached hydrogen (secondary N) is 2. The number of hydrogen-bond acceptors (Lipinski definition) is 6. The summed E-state index contributed by atoms with van der Waals surface area (Å²) in [5.74, 6) is 0.760. The number of carbonyl (C=O) groups is 2. The van der Waals surface area contributed by atoms with Gasteiger partial charge in [-0.2, -0.15) is 0 Å². The van der Waals surface area contributed by atoms with E-state index in [1.807, 2.05) is 17.0 Å². The van der Waals surface area contributed by atoms with Crippen LogP contribution in [0, 0.1) is 5.82 Å². The van der Waals surface area contributed by atoms with Crippen molar-refractivity contribution in [2.45, 2.75) is 44.1 Å². The number of nitrogens with zero attached hydrogens (tertiary/aromatic N) is 3. The van der Waals surface area contributed by atoms with Crippen molar-refractivity contribution in [3.63, 3.8) is 0 Å². The molecule has 8 nitrogen and oxygen atoms in total. The second-order valence-corrected chi connectivity index (χ2v) is 11.5. The number of rotatable bonds is 6. The Balaban J connectivity index is 0.00000337. The van der Waals surface area contributed by atoms with Crippen LogP contribution < -0.4 is 20.3 Å². The summed E-state index contributed by atoms with van der Waals surface area (Å²) in [5.41, 5.74) is 2.95. The Kier molecular flexibility index (Phi) is 9.68. The molecule has 3 aliphatic heterocycles. The third-order valence-corrected chi connectivity index (χ3v) is 8.83. The van der Waals surface area contributed by atoms with E-state index in [0.29, 0.717) is 43.2 Å². The lowest BCUT2D eigenvalue weighted by atomic mass is 9.94. The Bertz CT molecular complexity index is 1220. The lowest BCUT2D eigenvalue weighted by molar-refractivity contribution is 0.0535. The first-order valence-electron chi connectivity index (χ1n) is 14.9. The van der Waals surface area contributed by atoms with Crippen molar-refractivity contribution < 1.29 is 18.7 Å². The van der Waals surface area contributed by atoms with Crippen LogP contribution in [0.25, 0.3) is 0 Å². The Morgan fingerprint density at radius 2 is 1.46 bits per heavy atom. The summed E-state index contributed by atoms with van der Waals surface area (Å²) in [4.78, 5) is 32.5. The van der Waals surface area contributed by atoms with Gasteiger partial charge in [0.2, 0.25) is 0 Å². The fourth-order valence-electron chi connectivity index (χ4n) is 6.53. The summed E-state index contributed by atoms with van der Waals surface area (Å²) in [6, 6.07) is 10.5. The highest BCUT2D eigenvalue weighted by molar-refractivity contribution is 5.96. The van der Waals surface area contributed by atoms with Gasteiger partial charge >= 0.3 is 0 Å². The number of carbonyl (C=O) groups excluding carboxylic acids is 2. The highest BCUT2D eigenvalue weighted by Crippen LogP contribution is 2.40. The molecule has 4 fully saturated rings. The molecule has 0 radical (unpaired) electrons. The summed E-state index contributed by atoms with van der Waals surface area (Å²) >= 11 is 0. The Morgan fingerprint density at radius 1 is 0.780 bits per heavy atom. The van der Waals surface area contributed by atoms with Gasteiger partial charge in [0.1, 0.15) is 17.7 Å². The summed E-state index contributed by atoms with van der Waals surface area (Å²) in [6.45, 7) is 6.84. The van der Waals surface area contributed by atoms with Crippen molar-refractivity contribution in [2.24, 2.45) is 0 Å². The van der Waals surface area contributed by atoms with Crippen LogP contribution in [0.1, 0.15) is 64.3 Å². The van der Waals surface area contributed by atoms with Gasteiger partial charge in [0, 0.05) is 75.7 Å². The molecule has 1 aliphatic carbocycles. The molecule has 2 N–H and O–H groups in total. The smallest absolute Gasteiger partial charge is 0.254 e. The van der Waals surface area contributed by atoms with Crippen LogP contribution in [-0.2, 0) is 0 Å². The van der Waals surface area contributed by atoms with Gasteiger partial charge in [-0.15, -0.1) is 12.4 Å². The average molecular weight is 586 g/mol. The summed E-state index contributed by atoms with van der Waals surface area (Å²) in [5, 5.41) is 6.66. The van der Waals surface area contributed by atoms with Crippen LogP contribution in [0.5, 0.6) is 5.75 Å². The number of ether oxygens (including phenoxy) is 1. The van der Waals surface area contributed by atoms with Crippen LogP contribution in [0.2, 0.25) is 0 Å². The topological polar surface area (TPSA) is 77.2 Å². The molecule has 2 aromatic carbocycles.